The maximum atomic E-state index is 5.95. The summed E-state index contributed by atoms with van der Waals surface area (Å²) in [6, 6.07) is 2.30. The molecule has 1 aromatic heterocycles. The van der Waals surface area contributed by atoms with E-state index in [1.807, 2.05) is 19.2 Å². The molecule has 1 fully saturated rings. The molecular formula is C11H17N3S. The fraction of sp³-hybridized carbons (Fsp3) is 0.636. The Morgan fingerprint density at radius 1 is 1.47 bits per heavy atom. The second-order valence-electron chi connectivity index (χ2n) is 4.15. The summed E-state index contributed by atoms with van der Waals surface area (Å²) in [5.41, 5.74) is 6.99. The van der Waals surface area contributed by atoms with Gasteiger partial charge in [0, 0.05) is 23.2 Å². The summed E-state index contributed by atoms with van der Waals surface area (Å²) in [5.74, 6) is 0. The molecule has 1 heterocycles. The van der Waals surface area contributed by atoms with Gasteiger partial charge in [-0.15, -0.1) is 0 Å². The molecule has 2 N–H and O–H groups in total. The lowest BCUT2D eigenvalue weighted by atomic mass is 9.96. The average molecular weight is 223 g/mol. The Morgan fingerprint density at radius 2 is 2.33 bits per heavy atom. The number of nitrogens with two attached hydrogens (primary N) is 1. The normalized spacial score (nSPS) is 26.5. The molecule has 0 aliphatic heterocycles. The van der Waals surface area contributed by atoms with Gasteiger partial charge in [-0.05, 0) is 32.3 Å². The molecule has 2 rings (SSSR count). The van der Waals surface area contributed by atoms with Crippen molar-refractivity contribution in [2.75, 3.05) is 0 Å². The number of aromatic nitrogens is 2. The van der Waals surface area contributed by atoms with E-state index in [0.717, 1.165) is 17.3 Å². The Morgan fingerprint density at radius 3 is 3.07 bits per heavy atom. The van der Waals surface area contributed by atoms with Gasteiger partial charge in [0.1, 0.15) is 0 Å². The first-order valence-electron chi connectivity index (χ1n) is 5.46. The smallest absolute Gasteiger partial charge is 0.187 e. The van der Waals surface area contributed by atoms with E-state index in [2.05, 4.69) is 9.97 Å². The van der Waals surface area contributed by atoms with Crippen molar-refractivity contribution in [2.45, 2.75) is 49.1 Å². The van der Waals surface area contributed by atoms with Gasteiger partial charge in [-0.3, -0.25) is 0 Å². The minimum absolute atomic E-state index is 0.376. The first kappa shape index (κ1) is 10.9. The van der Waals surface area contributed by atoms with Crippen LogP contribution in [0.3, 0.4) is 0 Å². The molecule has 2 atom stereocenters. The van der Waals surface area contributed by atoms with Crippen LogP contribution < -0.4 is 5.73 Å². The minimum atomic E-state index is 0.376. The van der Waals surface area contributed by atoms with Crippen LogP contribution in [0.2, 0.25) is 0 Å². The second-order valence-corrected chi connectivity index (χ2v) is 5.41. The molecule has 1 aliphatic carbocycles. The minimum Gasteiger partial charge on any atom is -0.328 e. The molecule has 1 aliphatic rings. The lowest BCUT2D eigenvalue weighted by Crippen LogP contribution is -2.29. The van der Waals surface area contributed by atoms with Crippen molar-refractivity contribution in [3.63, 3.8) is 0 Å². The lowest BCUT2D eigenvalue weighted by Gasteiger charge is -2.25. The van der Waals surface area contributed by atoms with Crippen LogP contribution in [0, 0.1) is 6.92 Å². The van der Waals surface area contributed by atoms with Gasteiger partial charge in [0.2, 0.25) is 0 Å². The number of nitrogens with zero attached hydrogens (tertiary/aromatic N) is 2. The lowest BCUT2D eigenvalue weighted by molar-refractivity contribution is 0.451. The molecular weight excluding hydrogens is 206 g/mol. The summed E-state index contributed by atoms with van der Waals surface area (Å²) in [6.07, 6.45) is 6.58. The first-order valence-corrected chi connectivity index (χ1v) is 6.34. The molecule has 15 heavy (non-hydrogen) atoms. The highest BCUT2D eigenvalue weighted by molar-refractivity contribution is 7.99. The molecule has 0 bridgehead atoms. The molecule has 0 aromatic carbocycles. The molecule has 0 spiro atoms. The summed E-state index contributed by atoms with van der Waals surface area (Å²) >= 11 is 1.78. The molecule has 4 heteroatoms. The predicted molar refractivity (Wildman–Crippen MR) is 62.9 cm³/mol. The topological polar surface area (TPSA) is 51.8 Å². The summed E-state index contributed by atoms with van der Waals surface area (Å²) in [5, 5.41) is 1.50. The molecule has 82 valence electrons. The Kier molecular flexibility index (Phi) is 3.59. The second kappa shape index (κ2) is 4.94. The number of hydrogen-bond donors (Lipinski definition) is 1. The van der Waals surface area contributed by atoms with Crippen molar-refractivity contribution in [2.24, 2.45) is 5.73 Å². The predicted octanol–water partition coefficient (Wildman–Crippen LogP) is 2.15. The Balaban J connectivity index is 1.96. The Hall–Kier alpha value is -0.610. The van der Waals surface area contributed by atoms with Crippen molar-refractivity contribution in [1.82, 2.24) is 9.97 Å². The molecule has 3 nitrogen and oxygen atoms in total. The number of hydrogen-bond acceptors (Lipinski definition) is 4. The molecule has 1 aromatic rings. The van der Waals surface area contributed by atoms with Crippen molar-refractivity contribution < 1.29 is 0 Å². The highest BCUT2D eigenvalue weighted by Crippen LogP contribution is 2.31. The van der Waals surface area contributed by atoms with E-state index in [0.29, 0.717) is 11.3 Å². The van der Waals surface area contributed by atoms with E-state index in [-0.39, 0.29) is 0 Å². The monoisotopic (exact) mass is 223 g/mol. The molecule has 1 saturated carbocycles. The van der Waals surface area contributed by atoms with Gasteiger partial charge in [0.15, 0.2) is 5.16 Å². The van der Waals surface area contributed by atoms with E-state index < -0.39 is 0 Å². The molecule has 2 unspecified atom stereocenters. The Labute approximate surface area is 94.9 Å². The summed E-state index contributed by atoms with van der Waals surface area (Å²) < 4.78 is 0. The zero-order valence-electron chi connectivity index (χ0n) is 9.02. The zero-order chi connectivity index (χ0) is 10.7. The van der Waals surface area contributed by atoms with E-state index in [1.54, 1.807) is 11.8 Å². The fourth-order valence-corrected chi connectivity index (χ4v) is 3.16. The third-order valence-electron chi connectivity index (χ3n) is 2.71. The highest BCUT2D eigenvalue weighted by Gasteiger charge is 2.20. The van der Waals surface area contributed by atoms with E-state index >= 15 is 0 Å². The van der Waals surface area contributed by atoms with E-state index in [1.165, 1.54) is 19.3 Å². The van der Waals surface area contributed by atoms with Gasteiger partial charge in [0.05, 0.1) is 0 Å². The maximum Gasteiger partial charge on any atom is 0.187 e. The molecule has 0 amide bonds. The van der Waals surface area contributed by atoms with Crippen LogP contribution in [0.15, 0.2) is 17.4 Å². The summed E-state index contributed by atoms with van der Waals surface area (Å²) in [6.45, 7) is 2.00. The highest BCUT2D eigenvalue weighted by atomic mass is 32.2. The largest absolute Gasteiger partial charge is 0.328 e. The molecule has 0 radical (unpaired) electrons. The van der Waals surface area contributed by atoms with Gasteiger partial charge < -0.3 is 5.73 Å². The third kappa shape index (κ3) is 3.18. The number of aryl methyl sites for hydroxylation is 1. The van der Waals surface area contributed by atoms with Crippen LogP contribution in [0.4, 0.5) is 0 Å². The third-order valence-corrected chi connectivity index (χ3v) is 3.88. The fourth-order valence-electron chi connectivity index (χ4n) is 1.92. The van der Waals surface area contributed by atoms with Crippen LogP contribution in [-0.4, -0.2) is 21.3 Å². The van der Waals surface area contributed by atoms with Crippen LogP contribution in [0.1, 0.15) is 31.4 Å². The van der Waals surface area contributed by atoms with Gasteiger partial charge in [0.25, 0.3) is 0 Å². The van der Waals surface area contributed by atoms with Crippen molar-refractivity contribution in [3.05, 3.63) is 18.0 Å². The quantitative estimate of drug-likeness (QED) is 0.780. The van der Waals surface area contributed by atoms with Crippen LogP contribution >= 0.6 is 11.8 Å². The van der Waals surface area contributed by atoms with Crippen molar-refractivity contribution in [3.8, 4) is 0 Å². The van der Waals surface area contributed by atoms with Gasteiger partial charge in [-0.2, -0.15) is 0 Å². The van der Waals surface area contributed by atoms with Crippen LogP contribution in [-0.2, 0) is 0 Å². The first-order chi connectivity index (χ1) is 7.24. The van der Waals surface area contributed by atoms with Gasteiger partial charge in [-0.25, -0.2) is 9.97 Å². The zero-order valence-corrected chi connectivity index (χ0v) is 9.83. The number of rotatable bonds is 2. The van der Waals surface area contributed by atoms with Gasteiger partial charge >= 0.3 is 0 Å². The van der Waals surface area contributed by atoms with Crippen molar-refractivity contribution >= 4 is 11.8 Å². The standard InChI is InChI=1S/C11H17N3S/c1-8-5-6-13-11(14-8)15-10-4-2-3-9(12)7-10/h5-6,9-10H,2-4,7,12H2,1H3. The summed E-state index contributed by atoms with van der Waals surface area (Å²) in [7, 11) is 0. The van der Waals surface area contributed by atoms with E-state index in [4.69, 9.17) is 5.73 Å². The molecule has 0 saturated heterocycles. The number of thioether (sulfide) groups is 1. The Bertz CT molecular complexity index is 329. The van der Waals surface area contributed by atoms with Crippen LogP contribution in [0.5, 0.6) is 0 Å². The van der Waals surface area contributed by atoms with E-state index in [9.17, 15) is 0 Å². The average Bonchev–Trinajstić information content (AvgIpc) is 2.17. The summed E-state index contributed by atoms with van der Waals surface area (Å²) in [4.78, 5) is 8.67. The van der Waals surface area contributed by atoms with Crippen molar-refractivity contribution in [1.29, 1.82) is 0 Å². The SMILES string of the molecule is Cc1ccnc(SC2CCCC(N)C2)n1. The maximum absolute atomic E-state index is 5.95. The van der Waals surface area contributed by atoms with Crippen LogP contribution in [0.25, 0.3) is 0 Å². The van der Waals surface area contributed by atoms with Gasteiger partial charge in [-0.1, -0.05) is 18.2 Å².